The third-order valence-electron chi connectivity index (χ3n) is 8.50. The summed E-state index contributed by atoms with van der Waals surface area (Å²) < 4.78 is 2.05. The summed E-state index contributed by atoms with van der Waals surface area (Å²) in [6.07, 6.45) is 9.92. The first-order valence-corrected chi connectivity index (χ1v) is 14.4. The number of carbonyl (C=O) groups is 1. The van der Waals surface area contributed by atoms with Crippen LogP contribution in [0.5, 0.6) is 0 Å². The molecular formula is C33H37N7O. The molecule has 2 fully saturated rings. The van der Waals surface area contributed by atoms with Crippen LogP contribution in [0.15, 0.2) is 84.0 Å². The maximum Gasteiger partial charge on any atom is 0.219 e. The van der Waals surface area contributed by atoms with E-state index in [1.807, 2.05) is 35.4 Å². The molecule has 3 heterocycles. The molecule has 2 aromatic carbocycles. The van der Waals surface area contributed by atoms with Gasteiger partial charge in [-0.2, -0.15) is 0 Å². The second-order valence-electron chi connectivity index (χ2n) is 11.2. The average molecular weight is 548 g/mol. The summed E-state index contributed by atoms with van der Waals surface area (Å²) in [4.78, 5) is 21.0. The van der Waals surface area contributed by atoms with E-state index in [0.717, 1.165) is 73.1 Å². The van der Waals surface area contributed by atoms with Crippen molar-refractivity contribution in [3.05, 3.63) is 107 Å². The zero-order chi connectivity index (χ0) is 28.4. The molecule has 3 aromatic rings. The first-order chi connectivity index (χ1) is 19.9. The summed E-state index contributed by atoms with van der Waals surface area (Å²) in [6.45, 7) is 9.66. The molecule has 0 bridgehead atoms. The number of benzene rings is 2. The topological polar surface area (TPSA) is 92.6 Å². The summed E-state index contributed by atoms with van der Waals surface area (Å²) in [5.41, 5.74) is 12.2. The van der Waals surface area contributed by atoms with Crippen LogP contribution in [0, 0.1) is 0 Å². The van der Waals surface area contributed by atoms with E-state index in [4.69, 9.17) is 10.7 Å². The summed E-state index contributed by atoms with van der Waals surface area (Å²) in [7, 11) is 0. The smallest absolute Gasteiger partial charge is 0.219 e. The first kappa shape index (κ1) is 27.1. The molecule has 0 unspecified atom stereocenters. The standard InChI is InChI=1S/C33H37N7O/c1-24-15-18-40-30(36-37-31(40)23-38-19-21-39(22-20-38)25(2)41)14-13-29(26-7-4-3-5-8-26)32(35-24)27-9-11-28(12-10-27)33(34)16-6-17-33/h3-5,7-13,15,18H,1,6,14,16-17,19-23,34H2,2H3/b18-15-,29-13-,35-32-. The predicted molar refractivity (Wildman–Crippen MR) is 163 cm³/mol. The summed E-state index contributed by atoms with van der Waals surface area (Å²) >= 11 is 0. The van der Waals surface area contributed by atoms with Crippen LogP contribution in [0.3, 0.4) is 0 Å². The fraction of sp³-hybridized carbons (Fsp3) is 0.333. The van der Waals surface area contributed by atoms with Crippen LogP contribution < -0.4 is 5.73 Å². The Balaban J connectivity index is 1.32. The molecule has 210 valence electrons. The van der Waals surface area contributed by atoms with E-state index >= 15 is 0 Å². The fourth-order valence-electron chi connectivity index (χ4n) is 5.79. The van der Waals surface area contributed by atoms with E-state index in [2.05, 4.69) is 68.7 Å². The molecule has 2 aliphatic heterocycles. The summed E-state index contributed by atoms with van der Waals surface area (Å²) in [6, 6.07) is 18.9. The Hall–Kier alpha value is -4.14. The number of rotatable bonds is 5. The quantitative estimate of drug-likeness (QED) is 0.511. The van der Waals surface area contributed by atoms with Crippen molar-refractivity contribution in [2.75, 3.05) is 26.2 Å². The Labute approximate surface area is 241 Å². The van der Waals surface area contributed by atoms with Gasteiger partial charge >= 0.3 is 0 Å². The Bertz CT molecular complexity index is 1520. The van der Waals surface area contributed by atoms with Crippen LogP contribution in [0.1, 0.15) is 54.5 Å². The molecule has 0 spiro atoms. The number of hydrogen-bond acceptors (Lipinski definition) is 6. The largest absolute Gasteiger partial charge is 0.340 e. The molecule has 1 amide bonds. The van der Waals surface area contributed by atoms with Crippen LogP contribution in [0.4, 0.5) is 0 Å². The SMILES string of the molecule is C=C1/C=C\n2c(nnc2CN2CCN(C(C)=O)CC2)C/C=C(c2ccccc2)\C(c2ccc(C3(N)CCC3)cc2)=N/1. The maximum absolute atomic E-state index is 11.7. The van der Waals surface area contributed by atoms with Crippen molar-refractivity contribution in [3.63, 3.8) is 0 Å². The summed E-state index contributed by atoms with van der Waals surface area (Å²) in [5, 5.41) is 9.16. The number of carbonyl (C=O) groups excluding carboxylic acids is 1. The minimum Gasteiger partial charge on any atom is -0.340 e. The van der Waals surface area contributed by atoms with Gasteiger partial charge in [0.2, 0.25) is 5.91 Å². The molecule has 8 heteroatoms. The van der Waals surface area contributed by atoms with Gasteiger partial charge in [0.1, 0.15) is 5.82 Å². The van der Waals surface area contributed by atoms with E-state index in [-0.39, 0.29) is 11.4 Å². The highest BCUT2D eigenvalue weighted by molar-refractivity contribution is 6.32. The number of aliphatic imine (C=N–C) groups is 1. The second kappa shape index (κ2) is 11.4. The Morgan fingerprint density at radius 1 is 0.976 bits per heavy atom. The Morgan fingerprint density at radius 2 is 1.71 bits per heavy atom. The zero-order valence-electron chi connectivity index (χ0n) is 23.7. The van der Waals surface area contributed by atoms with Crippen molar-refractivity contribution in [1.82, 2.24) is 24.6 Å². The van der Waals surface area contributed by atoms with Gasteiger partial charge in [0.15, 0.2) is 5.82 Å². The Kier molecular flexibility index (Phi) is 7.51. The molecule has 3 aliphatic rings. The molecule has 1 aliphatic carbocycles. The van der Waals surface area contributed by atoms with Crippen molar-refractivity contribution in [1.29, 1.82) is 0 Å². The molecule has 1 saturated carbocycles. The molecule has 0 atom stereocenters. The van der Waals surface area contributed by atoms with Gasteiger partial charge in [-0.05, 0) is 36.5 Å². The molecule has 1 saturated heterocycles. The molecular weight excluding hydrogens is 510 g/mol. The van der Waals surface area contributed by atoms with Gasteiger partial charge < -0.3 is 10.6 Å². The predicted octanol–water partition coefficient (Wildman–Crippen LogP) is 4.39. The van der Waals surface area contributed by atoms with Crippen molar-refractivity contribution >= 4 is 23.4 Å². The highest BCUT2D eigenvalue weighted by Gasteiger charge is 2.34. The lowest BCUT2D eigenvalue weighted by Crippen LogP contribution is -2.47. The molecule has 41 heavy (non-hydrogen) atoms. The van der Waals surface area contributed by atoms with E-state index in [9.17, 15) is 4.79 Å². The van der Waals surface area contributed by atoms with Crippen molar-refractivity contribution < 1.29 is 4.79 Å². The highest BCUT2D eigenvalue weighted by atomic mass is 16.2. The average Bonchev–Trinajstić information content (AvgIpc) is 3.36. The highest BCUT2D eigenvalue weighted by Crippen LogP contribution is 2.39. The lowest BCUT2D eigenvalue weighted by Gasteiger charge is -2.38. The van der Waals surface area contributed by atoms with Gasteiger partial charge in [-0.25, -0.2) is 4.99 Å². The number of amides is 1. The number of nitrogens with two attached hydrogens (primary N) is 1. The van der Waals surface area contributed by atoms with E-state index in [0.29, 0.717) is 18.7 Å². The molecule has 2 N–H and O–H groups in total. The minimum absolute atomic E-state index is 0.129. The van der Waals surface area contributed by atoms with E-state index < -0.39 is 0 Å². The van der Waals surface area contributed by atoms with Gasteiger partial charge in [0.05, 0.1) is 18.0 Å². The van der Waals surface area contributed by atoms with Gasteiger partial charge in [-0.3, -0.25) is 14.3 Å². The molecule has 0 radical (unpaired) electrons. The second-order valence-corrected chi connectivity index (χ2v) is 11.2. The van der Waals surface area contributed by atoms with Crippen LogP contribution in [-0.4, -0.2) is 62.4 Å². The molecule has 8 nitrogen and oxygen atoms in total. The van der Waals surface area contributed by atoms with Crippen LogP contribution in [-0.2, 0) is 23.3 Å². The Morgan fingerprint density at radius 3 is 2.37 bits per heavy atom. The van der Waals surface area contributed by atoms with Gasteiger partial charge in [0, 0.05) is 62.4 Å². The lowest BCUT2D eigenvalue weighted by atomic mass is 9.72. The van der Waals surface area contributed by atoms with E-state index in [1.54, 1.807) is 6.92 Å². The number of hydrogen-bond donors (Lipinski definition) is 1. The maximum atomic E-state index is 11.7. The fourth-order valence-corrected chi connectivity index (χ4v) is 5.79. The van der Waals surface area contributed by atoms with Crippen molar-refractivity contribution in [2.45, 2.75) is 44.7 Å². The van der Waals surface area contributed by atoms with Gasteiger partial charge in [-0.1, -0.05) is 67.3 Å². The number of piperazine rings is 1. The minimum atomic E-state index is -0.204. The number of nitrogens with zero attached hydrogens (tertiary/aromatic N) is 6. The van der Waals surface area contributed by atoms with Crippen LogP contribution in [0.25, 0.3) is 11.8 Å². The number of allylic oxidation sites excluding steroid dienone is 3. The third-order valence-corrected chi connectivity index (χ3v) is 8.50. The third kappa shape index (κ3) is 5.71. The normalized spacial score (nSPS) is 22.5. The van der Waals surface area contributed by atoms with Gasteiger partial charge in [0.25, 0.3) is 0 Å². The van der Waals surface area contributed by atoms with Crippen LogP contribution in [0.2, 0.25) is 0 Å². The first-order valence-electron chi connectivity index (χ1n) is 14.4. The lowest BCUT2D eigenvalue weighted by molar-refractivity contribution is -0.130. The van der Waals surface area contributed by atoms with Crippen molar-refractivity contribution in [3.8, 4) is 0 Å². The van der Waals surface area contributed by atoms with Crippen LogP contribution >= 0.6 is 0 Å². The van der Waals surface area contributed by atoms with Gasteiger partial charge in [-0.15, -0.1) is 10.2 Å². The molecule has 6 rings (SSSR count). The number of aromatic nitrogens is 3. The van der Waals surface area contributed by atoms with Crippen molar-refractivity contribution in [2.24, 2.45) is 10.7 Å². The van der Waals surface area contributed by atoms with E-state index in [1.165, 1.54) is 12.0 Å². The molecule has 1 aromatic heterocycles. The zero-order valence-corrected chi connectivity index (χ0v) is 23.7. The monoisotopic (exact) mass is 547 g/mol. The number of fused-ring (bicyclic) bond motifs is 1. The summed E-state index contributed by atoms with van der Waals surface area (Å²) in [5.74, 6) is 1.85.